The second-order valence-electron chi connectivity index (χ2n) is 12.9. The molecule has 0 aliphatic heterocycles. The van der Waals surface area contributed by atoms with Crippen molar-refractivity contribution in [3.63, 3.8) is 0 Å². The van der Waals surface area contributed by atoms with Gasteiger partial charge in [-0.3, -0.25) is 0 Å². The quantitative estimate of drug-likeness (QED) is 0.205. The number of aromatic nitrogens is 1. The van der Waals surface area contributed by atoms with Crippen molar-refractivity contribution in [3.05, 3.63) is 149 Å². The van der Waals surface area contributed by atoms with Crippen molar-refractivity contribution in [2.24, 2.45) is 0 Å². The molecule has 1 nitrogen and oxygen atoms in total. The highest BCUT2D eigenvalue weighted by Crippen LogP contribution is 2.58. The van der Waals surface area contributed by atoms with E-state index in [1.54, 1.807) is 0 Å². The number of hydrogen-bond acceptors (Lipinski definition) is 0. The van der Waals surface area contributed by atoms with E-state index in [9.17, 15) is 0 Å². The van der Waals surface area contributed by atoms with Crippen molar-refractivity contribution in [3.8, 4) is 16.8 Å². The van der Waals surface area contributed by atoms with Gasteiger partial charge < -0.3 is 4.57 Å². The summed E-state index contributed by atoms with van der Waals surface area (Å²) >= 11 is 0. The monoisotopic (exact) mass is 541 g/mol. The minimum absolute atomic E-state index is 0.134. The fourth-order valence-corrected chi connectivity index (χ4v) is 7.90. The Hall–Kier alpha value is -4.62. The van der Waals surface area contributed by atoms with Gasteiger partial charge in [-0.1, -0.05) is 123 Å². The maximum absolute atomic E-state index is 2.48. The minimum atomic E-state index is -0.239. The first kappa shape index (κ1) is 25.1. The van der Waals surface area contributed by atoms with E-state index >= 15 is 0 Å². The van der Waals surface area contributed by atoms with Crippen LogP contribution in [0.4, 0.5) is 0 Å². The molecule has 8 rings (SSSR count). The van der Waals surface area contributed by atoms with Crippen LogP contribution in [-0.4, -0.2) is 4.57 Å². The lowest BCUT2D eigenvalue weighted by atomic mass is 9.51. The summed E-state index contributed by atoms with van der Waals surface area (Å²) in [5, 5.41) is 5.27. The Morgan fingerprint density at radius 3 is 1.74 bits per heavy atom. The van der Waals surface area contributed by atoms with E-state index in [1.807, 2.05) is 0 Å². The molecule has 0 radical (unpaired) electrons. The molecule has 1 atom stereocenters. The topological polar surface area (TPSA) is 4.93 Å². The average molecular weight is 542 g/mol. The zero-order chi connectivity index (χ0) is 28.8. The van der Waals surface area contributed by atoms with Crippen LogP contribution in [0.1, 0.15) is 48.6 Å². The standard InChI is InChI=1S/C41H35N/c1-26-18-23-34-35(24-26)40(3,4)41(5,36-25-27(2)30-12-6-7-15-33(30)39(34)36)28-19-21-29(22-20-28)42-37-16-10-8-13-31(37)32-14-9-11-17-38(32)42/h6-25H,1-5H3. The second kappa shape index (κ2) is 8.69. The summed E-state index contributed by atoms with van der Waals surface area (Å²) in [5.74, 6) is 0. The van der Waals surface area contributed by atoms with Gasteiger partial charge >= 0.3 is 0 Å². The van der Waals surface area contributed by atoms with Crippen LogP contribution in [0.15, 0.2) is 121 Å². The molecule has 1 aromatic heterocycles. The van der Waals surface area contributed by atoms with Crippen molar-refractivity contribution in [1.29, 1.82) is 0 Å². The van der Waals surface area contributed by atoms with Crippen molar-refractivity contribution in [2.45, 2.75) is 45.4 Å². The van der Waals surface area contributed by atoms with Crippen LogP contribution < -0.4 is 0 Å². The van der Waals surface area contributed by atoms with Crippen molar-refractivity contribution in [1.82, 2.24) is 4.57 Å². The number of rotatable bonds is 2. The third kappa shape index (κ3) is 3.20. The molecule has 0 spiro atoms. The second-order valence-corrected chi connectivity index (χ2v) is 12.9. The van der Waals surface area contributed by atoms with Gasteiger partial charge in [0.25, 0.3) is 0 Å². The summed E-state index contributed by atoms with van der Waals surface area (Å²) in [5.41, 5.74) is 12.9. The lowest BCUT2D eigenvalue weighted by molar-refractivity contribution is 0.326. The molecule has 1 heterocycles. The highest BCUT2D eigenvalue weighted by atomic mass is 15.0. The van der Waals surface area contributed by atoms with E-state index in [4.69, 9.17) is 0 Å². The summed E-state index contributed by atoms with van der Waals surface area (Å²) in [6, 6.07) is 45.4. The van der Waals surface area contributed by atoms with Gasteiger partial charge in [0.1, 0.15) is 0 Å². The Kier molecular flexibility index (Phi) is 5.20. The molecule has 0 saturated heterocycles. The number of benzene rings is 6. The molecule has 42 heavy (non-hydrogen) atoms. The van der Waals surface area contributed by atoms with Crippen molar-refractivity contribution >= 4 is 32.6 Å². The molecule has 0 saturated carbocycles. The zero-order valence-corrected chi connectivity index (χ0v) is 25.0. The maximum atomic E-state index is 2.48. The van der Waals surface area contributed by atoms with Gasteiger partial charge in [0.2, 0.25) is 0 Å². The summed E-state index contributed by atoms with van der Waals surface area (Å²) < 4.78 is 2.41. The Balaban J connectivity index is 1.39. The zero-order valence-electron chi connectivity index (χ0n) is 25.0. The lowest BCUT2D eigenvalue weighted by Crippen LogP contribution is -2.47. The van der Waals surface area contributed by atoms with Gasteiger partial charge in [-0.15, -0.1) is 0 Å². The van der Waals surface area contributed by atoms with Crippen LogP contribution in [0.5, 0.6) is 0 Å². The van der Waals surface area contributed by atoms with Crippen molar-refractivity contribution in [2.75, 3.05) is 0 Å². The minimum Gasteiger partial charge on any atom is -0.309 e. The number of nitrogens with zero attached hydrogens (tertiary/aromatic N) is 1. The summed E-state index contributed by atoms with van der Waals surface area (Å²) in [7, 11) is 0. The number of para-hydroxylation sites is 2. The molecule has 1 aliphatic rings. The first-order chi connectivity index (χ1) is 20.3. The first-order valence-corrected chi connectivity index (χ1v) is 15.0. The molecule has 1 unspecified atom stereocenters. The molecule has 1 heteroatoms. The predicted molar refractivity (Wildman–Crippen MR) is 179 cm³/mol. The molecule has 0 bridgehead atoms. The lowest BCUT2D eigenvalue weighted by Gasteiger charge is -2.51. The summed E-state index contributed by atoms with van der Waals surface area (Å²) in [6.45, 7) is 11.9. The number of fused-ring (bicyclic) bond motifs is 8. The Morgan fingerprint density at radius 2 is 1.10 bits per heavy atom. The normalized spacial score (nSPS) is 17.5. The van der Waals surface area contributed by atoms with Crippen LogP contribution in [0.3, 0.4) is 0 Å². The molecule has 6 aromatic carbocycles. The van der Waals surface area contributed by atoms with Gasteiger partial charge in [-0.25, -0.2) is 0 Å². The first-order valence-electron chi connectivity index (χ1n) is 15.0. The molecule has 0 amide bonds. The molecule has 0 N–H and O–H groups in total. The smallest absolute Gasteiger partial charge is 0.0541 e. The van der Waals surface area contributed by atoms with Crippen LogP contribution in [-0.2, 0) is 10.8 Å². The van der Waals surface area contributed by atoms with E-state index in [2.05, 4.69) is 161 Å². The van der Waals surface area contributed by atoms with Crippen molar-refractivity contribution < 1.29 is 0 Å². The van der Waals surface area contributed by atoms with Crippen LogP contribution in [0.2, 0.25) is 0 Å². The van der Waals surface area contributed by atoms with Crippen LogP contribution in [0, 0.1) is 13.8 Å². The Labute approximate surface area is 248 Å². The van der Waals surface area contributed by atoms with E-state index < -0.39 is 0 Å². The number of aryl methyl sites for hydroxylation is 2. The van der Waals surface area contributed by atoms with Gasteiger partial charge in [0.15, 0.2) is 0 Å². The van der Waals surface area contributed by atoms with Gasteiger partial charge in [0.05, 0.1) is 11.0 Å². The van der Waals surface area contributed by atoms with E-state index in [0.29, 0.717) is 0 Å². The SMILES string of the molecule is Cc1ccc2c(c1)C(C)(C)C(C)(c1ccc(-n3c4ccccc4c4ccccc43)cc1)c1cc(C)c3ccccc3c1-2. The largest absolute Gasteiger partial charge is 0.309 e. The van der Waals surface area contributed by atoms with Gasteiger partial charge in [0, 0.05) is 27.3 Å². The van der Waals surface area contributed by atoms with E-state index in [0.717, 1.165) is 0 Å². The van der Waals surface area contributed by atoms with Gasteiger partial charge in [-0.05, 0) is 82.3 Å². The van der Waals surface area contributed by atoms with Crippen LogP contribution in [0.25, 0.3) is 49.4 Å². The number of hydrogen-bond donors (Lipinski definition) is 0. The van der Waals surface area contributed by atoms with E-state index in [1.165, 1.54) is 77.2 Å². The third-order valence-corrected chi connectivity index (χ3v) is 10.4. The van der Waals surface area contributed by atoms with Gasteiger partial charge in [-0.2, -0.15) is 0 Å². The molecular formula is C41H35N. The van der Waals surface area contributed by atoms with Crippen LogP contribution >= 0.6 is 0 Å². The third-order valence-electron chi connectivity index (χ3n) is 10.4. The highest BCUT2D eigenvalue weighted by molar-refractivity contribution is 6.09. The fraction of sp³-hybridized carbons (Fsp3) is 0.171. The highest BCUT2D eigenvalue weighted by Gasteiger charge is 2.50. The summed E-state index contributed by atoms with van der Waals surface area (Å²) in [4.78, 5) is 0. The molecule has 204 valence electrons. The maximum Gasteiger partial charge on any atom is 0.0541 e. The summed E-state index contributed by atoms with van der Waals surface area (Å²) in [6.07, 6.45) is 0. The predicted octanol–water partition coefficient (Wildman–Crippen LogP) is 10.8. The molecule has 0 fully saturated rings. The molecule has 1 aliphatic carbocycles. The molecule has 7 aromatic rings. The molecular weight excluding hydrogens is 506 g/mol. The Morgan fingerprint density at radius 1 is 0.524 bits per heavy atom. The van der Waals surface area contributed by atoms with E-state index in [-0.39, 0.29) is 10.8 Å². The Bertz CT molecular complexity index is 2140. The average Bonchev–Trinajstić information content (AvgIpc) is 3.35. The fourth-order valence-electron chi connectivity index (χ4n) is 7.90.